The highest BCUT2D eigenvalue weighted by Crippen LogP contribution is 2.33. The van der Waals surface area contributed by atoms with E-state index >= 15 is 0 Å². The van der Waals surface area contributed by atoms with Crippen LogP contribution in [0.2, 0.25) is 0 Å². The van der Waals surface area contributed by atoms with Crippen LogP contribution in [-0.2, 0) is 9.59 Å². The first-order chi connectivity index (χ1) is 12.5. The van der Waals surface area contributed by atoms with E-state index in [1.54, 1.807) is 43.5 Å². The Morgan fingerprint density at radius 1 is 1.19 bits per heavy atom. The number of methoxy groups -OCH3 is 1. The van der Waals surface area contributed by atoms with Gasteiger partial charge in [0, 0.05) is 12.3 Å². The summed E-state index contributed by atoms with van der Waals surface area (Å²) >= 11 is 6.19. The molecule has 1 aliphatic heterocycles. The molecule has 1 aliphatic rings. The number of ketones is 1. The van der Waals surface area contributed by atoms with Gasteiger partial charge in [0.1, 0.15) is 11.7 Å². The third kappa shape index (κ3) is 3.81. The Kier molecular flexibility index (Phi) is 5.43. The second-order valence-electron chi connectivity index (χ2n) is 5.77. The molecule has 26 heavy (non-hydrogen) atoms. The summed E-state index contributed by atoms with van der Waals surface area (Å²) < 4.78 is 5.15. The zero-order chi connectivity index (χ0) is 18.7. The molecule has 134 valence electrons. The monoisotopic (exact) mass is 388 g/mol. The fraction of sp³-hybridized carbons (Fsp3) is 0.222. The van der Waals surface area contributed by atoms with Gasteiger partial charge in [0.05, 0.1) is 12.0 Å². The number of carbonyl (C=O) groups is 3. The van der Waals surface area contributed by atoms with E-state index in [2.05, 4.69) is 10.6 Å². The fourth-order valence-electron chi connectivity index (χ4n) is 2.91. The maximum Gasteiger partial charge on any atom is 0.239 e. The number of benzene rings is 1. The summed E-state index contributed by atoms with van der Waals surface area (Å²) in [6, 6.07) is 10.5. The van der Waals surface area contributed by atoms with E-state index in [9.17, 15) is 14.4 Å². The summed E-state index contributed by atoms with van der Waals surface area (Å²) in [5.41, 5.74) is 0.707. The molecule has 1 atom stereocenters. The van der Waals surface area contributed by atoms with Gasteiger partial charge >= 0.3 is 0 Å². The largest absolute Gasteiger partial charge is 0.497 e. The van der Waals surface area contributed by atoms with Crippen molar-refractivity contribution < 1.29 is 19.1 Å². The Balaban J connectivity index is 1.94. The van der Waals surface area contributed by atoms with Crippen molar-refractivity contribution in [1.29, 1.82) is 0 Å². The van der Waals surface area contributed by atoms with Gasteiger partial charge < -0.3 is 15.4 Å². The normalized spacial score (nSPS) is 16.0. The molecule has 1 saturated heterocycles. The Morgan fingerprint density at radius 3 is 2.38 bits per heavy atom. The van der Waals surface area contributed by atoms with E-state index in [0.717, 1.165) is 0 Å². The zero-order valence-electron chi connectivity index (χ0n) is 13.9. The van der Waals surface area contributed by atoms with Crippen LogP contribution in [0, 0.1) is 5.92 Å². The van der Waals surface area contributed by atoms with Crippen molar-refractivity contribution in [3.8, 4) is 5.75 Å². The lowest BCUT2D eigenvalue weighted by Gasteiger charge is -2.29. The Morgan fingerprint density at radius 2 is 1.85 bits per heavy atom. The molecule has 0 aliphatic carbocycles. The van der Waals surface area contributed by atoms with E-state index < -0.39 is 23.7 Å². The van der Waals surface area contributed by atoms with Crippen molar-refractivity contribution in [2.24, 2.45) is 5.92 Å². The van der Waals surface area contributed by atoms with Gasteiger partial charge in [-0.3, -0.25) is 14.4 Å². The Labute approximate surface area is 159 Å². The van der Waals surface area contributed by atoms with Crippen LogP contribution in [0.25, 0.3) is 0 Å². The second kappa shape index (κ2) is 7.76. The van der Waals surface area contributed by atoms with Crippen LogP contribution in [0.15, 0.2) is 41.8 Å². The van der Waals surface area contributed by atoms with Gasteiger partial charge in [0.25, 0.3) is 0 Å². The highest BCUT2D eigenvalue weighted by Gasteiger charge is 2.40. The van der Waals surface area contributed by atoms with E-state index in [-0.39, 0.29) is 17.3 Å². The molecule has 2 aromatic rings. The molecular formula is C18H16N2O4S2. The minimum atomic E-state index is -1.04. The standard InChI is InChI=1S/C18H16N2O4S2/c1-24-11-6-4-10(5-7-11)12(9-13(21)14-3-2-8-26-14)15-16(22)19-18(25)20-17(15)23/h2-8,12,15H,9H2,1H3,(H2,19,20,22,23,25)/t12-/m0/s1. The van der Waals surface area contributed by atoms with Crippen LogP contribution in [0.4, 0.5) is 0 Å². The molecule has 2 heterocycles. The summed E-state index contributed by atoms with van der Waals surface area (Å²) in [4.78, 5) is 38.1. The first-order valence-electron chi connectivity index (χ1n) is 7.86. The average Bonchev–Trinajstić information content (AvgIpc) is 3.15. The van der Waals surface area contributed by atoms with E-state index in [4.69, 9.17) is 17.0 Å². The van der Waals surface area contributed by atoms with Crippen molar-refractivity contribution in [3.63, 3.8) is 0 Å². The van der Waals surface area contributed by atoms with Gasteiger partial charge in [0.2, 0.25) is 11.8 Å². The molecule has 0 saturated carbocycles. The molecule has 6 nitrogen and oxygen atoms in total. The summed E-state index contributed by atoms with van der Waals surface area (Å²) in [7, 11) is 1.55. The number of thiophene rings is 1. The third-order valence-corrected chi connectivity index (χ3v) is 5.30. The number of thiocarbonyl (C=S) groups is 1. The van der Waals surface area contributed by atoms with Crippen LogP contribution in [0.5, 0.6) is 5.75 Å². The van der Waals surface area contributed by atoms with Crippen LogP contribution in [-0.4, -0.2) is 29.8 Å². The Bertz CT molecular complexity index is 827. The van der Waals surface area contributed by atoms with Crippen molar-refractivity contribution in [2.45, 2.75) is 12.3 Å². The van der Waals surface area contributed by atoms with Crippen molar-refractivity contribution >= 4 is 46.3 Å². The average molecular weight is 388 g/mol. The first kappa shape index (κ1) is 18.2. The van der Waals surface area contributed by atoms with E-state index in [1.165, 1.54) is 11.3 Å². The van der Waals surface area contributed by atoms with Gasteiger partial charge in [-0.05, 0) is 41.4 Å². The van der Waals surface area contributed by atoms with Gasteiger partial charge in [0.15, 0.2) is 10.9 Å². The minimum Gasteiger partial charge on any atom is -0.497 e. The number of amides is 2. The van der Waals surface area contributed by atoms with Crippen LogP contribution < -0.4 is 15.4 Å². The molecule has 3 rings (SSSR count). The molecule has 0 unspecified atom stereocenters. The summed E-state index contributed by atoms with van der Waals surface area (Å²) in [5, 5.41) is 6.73. The number of rotatable bonds is 6. The predicted molar refractivity (Wildman–Crippen MR) is 101 cm³/mol. The summed E-state index contributed by atoms with van der Waals surface area (Å²) in [6.45, 7) is 0. The van der Waals surface area contributed by atoms with Gasteiger partial charge in [-0.1, -0.05) is 18.2 Å². The lowest BCUT2D eigenvalue weighted by Crippen LogP contribution is -2.57. The number of ether oxygens (including phenoxy) is 1. The number of hydrogen-bond acceptors (Lipinski definition) is 6. The number of Topliss-reactive ketones (excluding diaryl/α,β-unsaturated/α-hetero) is 1. The van der Waals surface area contributed by atoms with Crippen molar-refractivity contribution in [3.05, 3.63) is 52.2 Å². The quantitative estimate of drug-likeness (QED) is 0.451. The zero-order valence-corrected chi connectivity index (χ0v) is 15.5. The fourth-order valence-corrected chi connectivity index (χ4v) is 3.79. The van der Waals surface area contributed by atoms with Crippen molar-refractivity contribution in [2.75, 3.05) is 7.11 Å². The summed E-state index contributed by atoms with van der Waals surface area (Å²) in [6.07, 6.45) is 0.0328. The molecule has 2 amide bonds. The lowest BCUT2D eigenvalue weighted by molar-refractivity contribution is -0.136. The summed E-state index contributed by atoms with van der Waals surface area (Å²) in [5.74, 6) is -2.12. The molecule has 0 radical (unpaired) electrons. The van der Waals surface area contributed by atoms with Gasteiger partial charge in [-0.2, -0.15) is 0 Å². The lowest BCUT2D eigenvalue weighted by atomic mass is 9.80. The van der Waals surface area contributed by atoms with Crippen LogP contribution in [0.3, 0.4) is 0 Å². The topological polar surface area (TPSA) is 84.5 Å². The number of nitrogens with one attached hydrogen (secondary N) is 2. The van der Waals surface area contributed by atoms with Gasteiger partial charge in [-0.15, -0.1) is 11.3 Å². The molecule has 8 heteroatoms. The molecule has 1 aromatic carbocycles. The molecule has 1 aromatic heterocycles. The molecule has 0 spiro atoms. The Hall–Kier alpha value is -2.58. The van der Waals surface area contributed by atoms with E-state index in [1.807, 2.05) is 5.38 Å². The van der Waals surface area contributed by atoms with E-state index in [0.29, 0.717) is 16.2 Å². The second-order valence-corrected chi connectivity index (χ2v) is 7.13. The van der Waals surface area contributed by atoms with Crippen molar-refractivity contribution in [1.82, 2.24) is 10.6 Å². The van der Waals surface area contributed by atoms with Gasteiger partial charge in [-0.25, -0.2) is 0 Å². The minimum absolute atomic E-state index is 0.0192. The highest BCUT2D eigenvalue weighted by atomic mass is 32.1. The molecular weight excluding hydrogens is 372 g/mol. The number of hydrogen-bond donors (Lipinski definition) is 2. The smallest absolute Gasteiger partial charge is 0.239 e. The van der Waals surface area contributed by atoms with Crippen LogP contribution >= 0.6 is 23.6 Å². The number of carbonyl (C=O) groups excluding carboxylic acids is 3. The maximum atomic E-state index is 12.6. The maximum absolute atomic E-state index is 12.6. The third-order valence-electron chi connectivity index (χ3n) is 4.19. The predicted octanol–water partition coefficient (Wildman–Crippen LogP) is 2.26. The molecule has 0 bridgehead atoms. The first-order valence-corrected chi connectivity index (χ1v) is 9.14. The highest BCUT2D eigenvalue weighted by molar-refractivity contribution is 7.80. The van der Waals surface area contributed by atoms with Crippen LogP contribution in [0.1, 0.15) is 27.6 Å². The molecule has 1 fully saturated rings. The molecule has 2 N–H and O–H groups in total. The SMILES string of the molecule is COc1ccc([C@H](CC(=O)c2cccs2)C2C(=O)NC(=S)NC2=O)cc1.